The minimum Gasteiger partial charge on any atom is -0.497 e. The molecule has 2 aromatic rings. The summed E-state index contributed by atoms with van der Waals surface area (Å²) in [6.45, 7) is 0. The molecule has 0 saturated carbocycles. The Balaban J connectivity index is 1.95. The van der Waals surface area contributed by atoms with Crippen LogP contribution in [0, 0.1) is 0 Å². The number of hydrogen-bond acceptors (Lipinski definition) is 5. The Kier molecular flexibility index (Phi) is 3.25. The van der Waals surface area contributed by atoms with E-state index in [4.69, 9.17) is 4.74 Å². The number of pyridine rings is 1. The smallest absolute Gasteiger partial charge is 0.152 e. The van der Waals surface area contributed by atoms with Gasteiger partial charge in [0.2, 0.25) is 0 Å². The van der Waals surface area contributed by atoms with Crippen LogP contribution in [0.2, 0.25) is 0 Å². The van der Waals surface area contributed by atoms with Gasteiger partial charge in [-0.05, 0) is 30.0 Å². The highest BCUT2D eigenvalue weighted by Gasteiger charge is 2.28. The first kappa shape index (κ1) is 13.2. The predicted molar refractivity (Wildman–Crippen MR) is 79.0 cm³/mol. The second kappa shape index (κ2) is 4.94. The Hall–Kier alpha value is -1.82. The van der Waals surface area contributed by atoms with E-state index in [9.17, 15) is 8.42 Å². The van der Waals surface area contributed by atoms with Crippen LogP contribution in [-0.4, -0.2) is 38.1 Å². The van der Waals surface area contributed by atoms with Crippen LogP contribution in [0.5, 0.6) is 5.75 Å². The van der Waals surface area contributed by atoms with Crippen LogP contribution in [0.15, 0.2) is 30.5 Å². The van der Waals surface area contributed by atoms with Crippen molar-refractivity contribution >= 4 is 26.4 Å². The summed E-state index contributed by atoms with van der Waals surface area (Å²) in [7, 11) is -1.28. The number of hydrogen-bond donors (Lipinski definition) is 1. The molecule has 1 N–H and O–H groups in total. The van der Waals surface area contributed by atoms with Crippen LogP contribution in [0.25, 0.3) is 10.8 Å². The molecule has 1 unspecified atom stereocenters. The number of nitrogens with zero attached hydrogens (tertiary/aromatic N) is 1. The van der Waals surface area contributed by atoms with Crippen molar-refractivity contribution in [3.63, 3.8) is 0 Å². The number of benzene rings is 1. The van der Waals surface area contributed by atoms with Gasteiger partial charge < -0.3 is 10.1 Å². The van der Waals surface area contributed by atoms with Crippen LogP contribution < -0.4 is 10.1 Å². The van der Waals surface area contributed by atoms with E-state index in [1.165, 1.54) is 0 Å². The van der Waals surface area contributed by atoms with Gasteiger partial charge >= 0.3 is 0 Å². The number of methoxy groups -OCH3 is 1. The number of anilines is 1. The van der Waals surface area contributed by atoms with Gasteiger partial charge in [-0.1, -0.05) is 6.07 Å². The lowest BCUT2D eigenvalue weighted by atomic mass is 10.1. The fourth-order valence-electron chi connectivity index (χ4n) is 2.49. The van der Waals surface area contributed by atoms with Gasteiger partial charge in [-0.15, -0.1) is 0 Å². The van der Waals surface area contributed by atoms with Gasteiger partial charge in [-0.25, -0.2) is 13.4 Å². The third kappa shape index (κ3) is 2.56. The van der Waals surface area contributed by atoms with Crippen molar-refractivity contribution in [1.29, 1.82) is 0 Å². The Labute approximate surface area is 117 Å². The number of ether oxygens (including phenoxy) is 1. The van der Waals surface area contributed by atoms with E-state index in [1.807, 2.05) is 24.3 Å². The number of sulfone groups is 1. The molecule has 6 heteroatoms. The monoisotopic (exact) mass is 292 g/mol. The molecule has 3 rings (SSSR count). The van der Waals surface area contributed by atoms with Crippen LogP contribution in [0.4, 0.5) is 5.82 Å². The molecule has 106 valence electrons. The lowest BCUT2D eigenvalue weighted by molar-refractivity contribution is 0.415. The standard InChI is InChI=1S/C14H16N2O3S/c1-19-12-3-2-10-4-6-15-14(13(10)8-12)16-11-5-7-20(17,18)9-11/h2-4,6,8,11H,5,7,9H2,1H3,(H,15,16). The van der Waals surface area contributed by atoms with Crippen LogP contribution >= 0.6 is 0 Å². The SMILES string of the molecule is COc1ccc2ccnc(NC3CCS(=O)(=O)C3)c2c1. The van der Waals surface area contributed by atoms with E-state index in [2.05, 4.69) is 10.3 Å². The van der Waals surface area contributed by atoms with Crippen LogP contribution in [-0.2, 0) is 9.84 Å². The Morgan fingerprint density at radius 3 is 2.90 bits per heavy atom. The Morgan fingerprint density at radius 2 is 2.20 bits per heavy atom. The summed E-state index contributed by atoms with van der Waals surface area (Å²) in [4.78, 5) is 4.33. The Morgan fingerprint density at radius 1 is 1.35 bits per heavy atom. The molecule has 0 amide bonds. The summed E-state index contributed by atoms with van der Waals surface area (Å²) >= 11 is 0. The number of aromatic nitrogens is 1. The average molecular weight is 292 g/mol. The highest BCUT2D eigenvalue weighted by Crippen LogP contribution is 2.27. The molecule has 1 aliphatic rings. The van der Waals surface area contributed by atoms with Gasteiger partial charge in [0.15, 0.2) is 9.84 Å². The summed E-state index contributed by atoms with van der Waals surface area (Å²) < 4.78 is 28.3. The molecule has 1 atom stereocenters. The van der Waals surface area contributed by atoms with Gasteiger partial charge in [0.1, 0.15) is 11.6 Å². The van der Waals surface area contributed by atoms with Crippen LogP contribution in [0.1, 0.15) is 6.42 Å². The number of fused-ring (bicyclic) bond motifs is 1. The summed E-state index contributed by atoms with van der Waals surface area (Å²) in [5.74, 6) is 1.89. The maximum atomic E-state index is 11.5. The minimum absolute atomic E-state index is 0.0655. The van der Waals surface area contributed by atoms with E-state index in [0.717, 1.165) is 16.5 Å². The molecule has 0 aliphatic carbocycles. The third-order valence-corrected chi connectivity index (χ3v) is 5.31. The zero-order valence-electron chi connectivity index (χ0n) is 11.2. The molecule has 5 nitrogen and oxygen atoms in total. The van der Waals surface area contributed by atoms with Gasteiger partial charge in [0.05, 0.1) is 18.6 Å². The summed E-state index contributed by atoms with van der Waals surface area (Å²) in [6.07, 6.45) is 2.35. The fraction of sp³-hybridized carbons (Fsp3) is 0.357. The van der Waals surface area contributed by atoms with Crippen molar-refractivity contribution in [2.75, 3.05) is 23.9 Å². The second-order valence-electron chi connectivity index (χ2n) is 4.99. The highest BCUT2D eigenvalue weighted by atomic mass is 32.2. The molecule has 1 aliphatic heterocycles. The van der Waals surface area contributed by atoms with E-state index >= 15 is 0 Å². The average Bonchev–Trinajstić information content (AvgIpc) is 2.78. The normalized spacial score (nSPS) is 20.9. The molecule has 1 fully saturated rings. The molecule has 1 aromatic carbocycles. The van der Waals surface area contributed by atoms with Gasteiger partial charge in [-0.2, -0.15) is 0 Å². The molecule has 1 saturated heterocycles. The molecule has 0 spiro atoms. The van der Waals surface area contributed by atoms with Gasteiger partial charge in [0.25, 0.3) is 0 Å². The second-order valence-corrected chi connectivity index (χ2v) is 7.22. The quantitative estimate of drug-likeness (QED) is 0.935. The zero-order valence-corrected chi connectivity index (χ0v) is 12.0. The summed E-state index contributed by atoms with van der Waals surface area (Å²) in [5, 5.41) is 5.23. The lowest BCUT2D eigenvalue weighted by Gasteiger charge is -2.14. The van der Waals surface area contributed by atoms with Crippen molar-refractivity contribution in [2.24, 2.45) is 0 Å². The number of rotatable bonds is 3. The minimum atomic E-state index is -2.90. The molecule has 0 bridgehead atoms. The predicted octanol–water partition coefficient (Wildman–Crippen LogP) is 1.84. The largest absolute Gasteiger partial charge is 0.497 e. The van der Waals surface area contributed by atoms with E-state index in [0.29, 0.717) is 12.2 Å². The van der Waals surface area contributed by atoms with Crippen molar-refractivity contribution in [3.05, 3.63) is 30.5 Å². The topological polar surface area (TPSA) is 68.3 Å². The fourth-order valence-corrected chi connectivity index (χ4v) is 4.16. The molecule has 2 heterocycles. The van der Waals surface area contributed by atoms with Crippen molar-refractivity contribution in [2.45, 2.75) is 12.5 Å². The maximum Gasteiger partial charge on any atom is 0.152 e. The first-order valence-electron chi connectivity index (χ1n) is 6.47. The third-order valence-electron chi connectivity index (χ3n) is 3.55. The maximum absolute atomic E-state index is 11.5. The highest BCUT2D eigenvalue weighted by molar-refractivity contribution is 7.91. The summed E-state index contributed by atoms with van der Waals surface area (Å²) in [6, 6.07) is 7.63. The van der Waals surface area contributed by atoms with Crippen molar-refractivity contribution in [3.8, 4) is 5.75 Å². The number of nitrogens with one attached hydrogen (secondary N) is 1. The zero-order chi connectivity index (χ0) is 14.2. The molecular weight excluding hydrogens is 276 g/mol. The summed E-state index contributed by atoms with van der Waals surface area (Å²) in [5.41, 5.74) is 0. The first-order chi connectivity index (χ1) is 9.57. The Bertz CT molecular complexity index is 743. The lowest BCUT2D eigenvalue weighted by Crippen LogP contribution is -2.21. The molecule has 1 aromatic heterocycles. The molecule has 20 heavy (non-hydrogen) atoms. The van der Waals surface area contributed by atoms with Gasteiger partial charge in [-0.3, -0.25) is 0 Å². The molecular formula is C14H16N2O3S. The van der Waals surface area contributed by atoms with Crippen molar-refractivity contribution in [1.82, 2.24) is 4.98 Å². The van der Waals surface area contributed by atoms with Crippen LogP contribution in [0.3, 0.4) is 0 Å². The van der Waals surface area contributed by atoms with E-state index in [1.54, 1.807) is 13.3 Å². The van der Waals surface area contributed by atoms with E-state index < -0.39 is 9.84 Å². The van der Waals surface area contributed by atoms with E-state index in [-0.39, 0.29) is 17.5 Å². The van der Waals surface area contributed by atoms with Gasteiger partial charge in [0, 0.05) is 17.6 Å². The first-order valence-corrected chi connectivity index (χ1v) is 8.29. The van der Waals surface area contributed by atoms with Crippen molar-refractivity contribution < 1.29 is 13.2 Å². The molecule has 0 radical (unpaired) electrons.